The van der Waals surface area contributed by atoms with Crippen molar-refractivity contribution in [1.82, 2.24) is 15.6 Å². The lowest BCUT2D eigenvalue weighted by molar-refractivity contribution is 0.829. The van der Waals surface area contributed by atoms with Crippen molar-refractivity contribution in [2.75, 3.05) is 13.1 Å². The quantitative estimate of drug-likeness (QED) is 0.759. The van der Waals surface area contributed by atoms with Crippen molar-refractivity contribution in [3.8, 4) is 0 Å². The summed E-state index contributed by atoms with van der Waals surface area (Å²) >= 11 is 11.2. The molecule has 3 N–H and O–H groups in total. The SMILES string of the molecule is CCNC(=S)NCCc1c(C)[nH]c2ccc(Cl)cc12. The van der Waals surface area contributed by atoms with Crippen molar-refractivity contribution < 1.29 is 0 Å². The number of aromatic nitrogens is 1. The Labute approximate surface area is 123 Å². The molecule has 19 heavy (non-hydrogen) atoms. The van der Waals surface area contributed by atoms with Crippen molar-refractivity contribution in [3.63, 3.8) is 0 Å². The topological polar surface area (TPSA) is 39.8 Å². The molecular weight excluding hydrogens is 278 g/mol. The first-order valence-electron chi connectivity index (χ1n) is 6.40. The summed E-state index contributed by atoms with van der Waals surface area (Å²) in [6, 6.07) is 5.94. The highest BCUT2D eigenvalue weighted by atomic mass is 35.5. The van der Waals surface area contributed by atoms with E-state index in [0.29, 0.717) is 5.11 Å². The molecule has 0 aliphatic heterocycles. The van der Waals surface area contributed by atoms with Gasteiger partial charge < -0.3 is 15.6 Å². The molecule has 0 radical (unpaired) electrons. The van der Waals surface area contributed by atoms with Crippen LogP contribution in [0.3, 0.4) is 0 Å². The molecule has 0 spiro atoms. The second-order valence-corrected chi connectivity index (χ2v) is 5.30. The normalized spacial score (nSPS) is 10.7. The summed E-state index contributed by atoms with van der Waals surface area (Å²) in [7, 11) is 0. The fraction of sp³-hybridized carbons (Fsp3) is 0.357. The van der Waals surface area contributed by atoms with Crippen LogP contribution < -0.4 is 10.6 Å². The number of fused-ring (bicyclic) bond motifs is 1. The number of benzene rings is 1. The number of halogens is 1. The maximum absolute atomic E-state index is 6.07. The second-order valence-electron chi connectivity index (χ2n) is 4.45. The van der Waals surface area contributed by atoms with E-state index in [4.69, 9.17) is 23.8 Å². The van der Waals surface area contributed by atoms with Crippen LogP contribution in [-0.4, -0.2) is 23.2 Å². The average Bonchev–Trinajstić information content (AvgIpc) is 2.66. The third kappa shape index (κ3) is 3.39. The summed E-state index contributed by atoms with van der Waals surface area (Å²) in [4.78, 5) is 3.38. The number of H-pyrrole nitrogens is 1. The summed E-state index contributed by atoms with van der Waals surface area (Å²) in [5.41, 5.74) is 3.61. The van der Waals surface area contributed by atoms with Gasteiger partial charge in [0.1, 0.15) is 0 Å². The molecule has 2 rings (SSSR count). The molecule has 102 valence electrons. The van der Waals surface area contributed by atoms with Crippen LogP contribution in [-0.2, 0) is 6.42 Å². The molecule has 1 aromatic heterocycles. The van der Waals surface area contributed by atoms with Gasteiger partial charge in [0, 0.05) is 34.7 Å². The van der Waals surface area contributed by atoms with Crippen molar-refractivity contribution >= 4 is 39.8 Å². The zero-order chi connectivity index (χ0) is 13.8. The van der Waals surface area contributed by atoms with Gasteiger partial charge >= 0.3 is 0 Å². The molecule has 0 amide bonds. The van der Waals surface area contributed by atoms with Gasteiger partial charge in [-0.05, 0) is 56.2 Å². The number of hydrogen-bond donors (Lipinski definition) is 3. The van der Waals surface area contributed by atoms with Crippen molar-refractivity contribution in [3.05, 3.63) is 34.5 Å². The minimum Gasteiger partial charge on any atom is -0.363 e. The monoisotopic (exact) mass is 295 g/mol. The molecule has 1 aromatic carbocycles. The summed E-state index contributed by atoms with van der Waals surface area (Å²) in [6.45, 7) is 5.77. The van der Waals surface area contributed by atoms with Crippen LogP contribution in [0.25, 0.3) is 10.9 Å². The highest BCUT2D eigenvalue weighted by Crippen LogP contribution is 2.25. The number of aryl methyl sites for hydroxylation is 1. The zero-order valence-corrected chi connectivity index (χ0v) is 12.7. The molecule has 0 fully saturated rings. The minimum atomic E-state index is 0.707. The molecular formula is C14H18ClN3S. The Morgan fingerprint density at radius 1 is 1.37 bits per heavy atom. The molecule has 0 aliphatic rings. The Hall–Kier alpha value is -1.26. The van der Waals surface area contributed by atoms with Crippen molar-refractivity contribution in [2.45, 2.75) is 20.3 Å². The molecule has 0 atom stereocenters. The van der Waals surface area contributed by atoms with Gasteiger partial charge in [0.15, 0.2) is 5.11 Å². The second kappa shape index (κ2) is 6.26. The van der Waals surface area contributed by atoms with Crippen LogP contribution in [0.15, 0.2) is 18.2 Å². The van der Waals surface area contributed by atoms with Gasteiger partial charge in [0.05, 0.1) is 0 Å². The number of nitrogens with one attached hydrogen (secondary N) is 3. The summed E-state index contributed by atoms with van der Waals surface area (Å²) in [5, 5.41) is 8.95. The highest BCUT2D eigenvalue weighted by Gasteiger charge is 2.08. The van der Waals surface area contributed by atoms with E-state index in [1.54, 1.807) is 0 Å². The predicted molar refractivity (Wildman–Crippen MR) is 86.0 cm³/mol. The zero-order valence-electron chi connectivity index (χ0n) is 11.1. The lowest BCUT2D eigenvalue weighted by Crippen LogP contribution is -2.36. The number of rotatable bonds is 4. The van der Waals surface area contributed by atoms with Gasteiger partial charge in [-0.15, -0.1) is 0 Å². The molecule has 2 aromatic rings. The van der Waals surface area contributed by atoms with Crippen molar-refractivity contribution in [1.29, 1.82) is 0 Å². The van der Waals surface area contributed by atoms with Gasteiger partial charge in [0.25, 0.3) is 0 Å². The Balaban J connectivity index is 2.09. The van der Waals surface area contributed by atoms with Crippen molar-refractivity contribution in [2.24, 2.45) is 0 Å². The largest absolute Gasteiger partial charge is 0.363 e. The van der Waals surface area contributed by atoms with Crippen LogP contribution in [0.5, 0.6) is 0 Å². The Kier molecular flexibility index (Phi) is 4.66. The van der Waals surface area contributed by atoms with Crippen LogP contribution >= 0.6 is 23.8 Å². The first-order valence-corrected chi connectivity index (χ1v) is 7.19. The van der Waals surface area contributed by atoms with Crippen LogP contribution in [0.1, 0.15) is 18.2 Å². The summed E-state index contributed by atoms with van der Waals surface area (Å²) in [5.74, 6) is 0. The standard InChI is InChI=1S/C14H18ClN3S/c1-3-16-14(19)17-7-6-11-9(2)18-13-5-4-10(15)8-12(11)13/h4-5,8,18H,3,6-7H2,1-2H3,(H2,16,17,19). The fourth-order valence-electron chi connectivity index (χ4n) is 2.20. The van der Waals surface area contributed by atoms with E-state index in [2.05, 4.69) is 22.5 Å². The molecule has 0 saturated heterocycles. The van der Waals surface area contributed by atoms with E-state index < -0.39 is 0 Å². The van der Waals surface area contributed by atoms with E-state index in [1.165, 1.54) is 16.6 Å². The molecule has 5 heteroatoms. The smallest absolute Gasteiger partial charge is 0.166 e. The van der Waals surface area contributed by atoms with E-state index in [0.717, 1.165) is 30.0 Å². The molecule has 0 bridgehead atoms. The van der Waals surface area contributed by atoms with Gasteiger partial charge in [-0.1, -0.05) is 11.6 Å². The lowest BCUT2D eigenvalue weighted by atomic mass is 10.1. The molecule has 3 nitrogen and oxygen atoms in total. The maximum atomic E-state index is 6.07. The Bertz CT molecular complexity index is 592. The summed E-state index contributed by atoms with van der Waals surface area (Å²) in [6.07, 6.45) is 0.914. The predicted octanol–water partition coefficient (Wildman–Crippen LogP) is 3.16. The highest BCUT2D eigenvalue weighted by molar-refractivity contribution is 7.80. The van der Waals surface area contributed by atoms with E-state index in [-0.39, 0.29) is 0 Å². The van der Waals surface area contributed by atoms with E-state index in [9.17, 15) is 0 Å². The average molecular weight is 296 g/mol. The van der Waals surface area contributed by atoms with Crippen LogP contribution in [0.2, 0.25) is 5.02 Å². The number of aromatic amines is 1. The van der Waals surface area contributed by atoms with Gasteiger partial charge in [-0.2, -0.15) is 0 Å². The van der Waals surface area contributed by atoms with Gasteiger partial charge in [-0.25, -0.2) is 0 Å². The van der Waals surface area contributed by atoms with Crippen LogP contribution in [0, 0.1) is 6.92 Å². The summed E-state index contributed by atoms with van der Waals surface area (Å²) < 4.78 is 0. The molecule has 1 heterocycles. The Morgan fingerprint density at radius 2 is 2.16 bits per heavy atom. The van der Waals surface area contributed by atoms with E-state index in [1.807, 2.05) is 25.1 Å². The van der Waals surface area contributed by atoms with E-state index >= 15 is 0 Å². The van der Waals surface area contributed by atoms with Crippen LogP contribution in [0.4, 0.5) is 0 Å². The molecule has 0 aliphatic carbocycles. The fourth-order valence-corrected chi connectivity index (χ4v) is 2.62. The van der Waals surface area contributed by atoms with Gasteiger partial charge in [0.2, 0.25) is 0 Å². The first kappa shape index (κ1) is 14.2. The first-order chi connectivity index (χ1) is 9.11. The third-order valence-corrected chi connectivity index (χ3v) is 3.60. The Morgan fingerprint density at radius 3 is 2.89 bits per heavy atom. The third-order valence-electron chi connectivity index (χ3n) is 3.08. The lowest BCUT2D eigenvalue weighted by Gasteiger charge is -2.08. The maximum Gasteiger partial charge on any atom is 0.166 e. The number of thiocarbonyl (C=S) groups is 1. The molecule has 0 saturated carbocycles. The van der Waals surface area contributed by atoms with Gasteiger partial charge in [-0.3, -0.25) is 0 Å². The number of hydrogen-bond acceptors (Lipinski definition) is 1. The molecule has 0 unspecified atom stereocenters. The minimum absolute atomic E-state index is 0.707.